The fourth-order valence-corrected chi connectivity index (χ4v) is 3.85. The number of carbonyl (C=O) groups is 2. The summed E-state index contributed by atoms with van der Waals surface area (Å²) in [6.45, 7) is 5.76. The second kappa shape index (κ2) is 8.57. The maximum Gasteiger partial charge on any atom is 0.233 e. The van der Waals surface area contributed by atoms with Crippen molar-refractivity contribution in [3.05, 3.63) is 59.4 Å². The van der Waals surface area contributed by atoms with Gasteiger partial charge in [-0.2, -0.15) is 0 Å². The third kappa shape index (κ3) is 4.89. The van der Waals surface area contributed by atoms with E-state index in [-0.39, 0.29) is 11.7 Å². The molecule has 6 heteroatoms. The highest BCUT2D eigenvalue weighted by Gasteiger charge is 2.23. The van der Waals surface area contributed by atoms with Gasteiger partial charge in [0.05, 0.1) is 11.4 Å². The van der Waals surface area contributed by atoms with Crippen LogP contribution in [0.1, 0.15) is 22.8 Å². The number of ketones is 1. The molecule has 0 radical (unpaired) electrons. The summed E-state index contributed by atoms with van der Waals surface area (Å²) in [4.78, 5) is 28.6. The molecule has 1 saturated heterocycles. The van der Waals surface area contributed by atoms with Crippen molar-refractivity contribution < 1.29 is 14.0 Å². The lowest BCUT2D eigenvalue weighted by Gasteiger charge is -2.36. The van der Waals surface area contributed by atoms with Crippen LogP contribution in [0.4, 0.5) is 10.1 Å². The van der Waals surface area contributed by atoms with Crippen molar-refractivity contribution in [3.8, 4) is 0 Å². The Balaban J connectivity index is 1.53. The zero-order valence-electron chi connectivity index (χ0n) is 15.6. The number of rotatable bonds is 5. The summed E-state index contributed by atoms with van der Waals surface area (Å²) in [5.74, 6) is -0.0305. The van der Waals surface area contributed by atoms with Crippen molar-refractivity contribution in [2.24, 2.45) is 0 Å². The van der Waals surface area contributed by atoms with Crippen LogP contribution in [0.2, 0.25) is 0 Å². The smallest absolute Gasteiger partial charge is 0.233 e. The van der Waals surface area contributed by atoms with Gasteiger partial charge in [0.1, 0.15) is 5.82 Å². The van der Waals surface area contributed by atoms with Crippen LogP contribution in [0.3, 0.4) is 0 Å². The Morgan fingerprint density at radius 1 is 1.04 bits per heavy atom. The summed E-state index contributed by atoms with van der Waals surface area (Å²) in [5, 5.41) is 0. The Morgan fingerprint density at radius 3 is 2.30 bits per heavy atom. The number of nitrogens with zero attached hydrogens (tertiary/aromatic N) is 2. The molecule has 1 heterocycles. The average molecular weight is 386 g/mol. The molecule has 0 bridgehead atoms. The summed E-state index contributed by atoms with van der Waals surface area (Å²) in [6.07, 6.45) is 0. The Bertz CT molecular complexity index is 831. The quantitative estimate of drug-likeness (QED) is 0.579. The molecule has 2 aromatic rings. The van der Waals surface area contributed by atoms with Gasteiger partial charge in [-0.25, -0.2) is 4.39 Å². The van der Waals surface area contributed by atoms with Crippen molar-refractivity contribution in [3.63, 3.8) is 0 Å². The third-order valence-electron chi connectivity index (χ3n) is 4.71. The standard InChI is InChI=1S/C21H23FN2O2S/c1-15-3-6-18(7-4-15)27-14-21(26)24-11-9-23(10-12-24)20-8-5-17(16(2)25)13-19(20)22/h3-8,13H,9-12,14H2,1-2H3. The van der Waals surface area contributed by atoms with Crippen LogP contribution in [0.15, 0.2) is 47.4 Å². The highest BCUT2D eigenvalue weighted by molar-refractivity contribution is 8.00. The van der Waals surface area contributed by atoms with Gasteiger partial charge in [-0.05, 0) is 44.2 Å². The minimum Gasteiger partial charge on any atom is -0.366 e. The highest BCUT2D eigenvalue weighted by atomic mass is 32.2. The molecule has 142 valence electrons. The van der Waals surface area contributed by atoms with Crippen molar-refractivity contribution in [1.29, 1.82) is 0 Å². The van der Waals surface area contributed by atoms with Crippen LogP contribution in [-0.2, 0) is 4.79 Å². The zero-order valence-corrected chi connectivity index (χ0v) is 16.4. The van der Waals surface area contributed by atoms with E-state index in [4.69, 9.17) is 0 Å². The van der Waals surface area contributed by atoms with Gasteiger partial charge in [0, 0.05) is 36.6 Å². The van der Waals surface area contributed by atoms with Crippen LogP contribution >= 0.6 is 11.8 Å². The molecule has 0 N–H and O–H groups in total. The first-order chi connectivity index (χ1) is 12.9. The Kier molecular flexibility index (Phi) is 6.16. The summed E-state index contributed by atoms with van der Waals surface area (Å²) in [5.41, 5.74) is 2.06. The van der Waals surface area contributed by atoms with Gasteiger partial charge in [-0.15, -0.1) is 11.8 Å². The van der Waals surface area contributed by atoms with E-state index in [1.807, 2.05) is 41.0 Å². The van der Waals surface area contributed by atoms with Gasteiger partial charge in [-0.1, -0.05) is 17.7 Å². The van der Waals surface area contributed by atoms with Crippen LogP contribution in [0, 0.1) is 12.7 Å². The molecule has 1 fully saturated rings. The van der Waals surface area contributed by atoms with Crippen LogP contribution in [-0.4, -0.2) is 48.5 Å². The van der Waals surface area contributed by atoms with Gasteiger partial charge >= 0.3 is 0 Å². The first kappa shape index (κ1) is 19.4. The Hall–Kier alpha value is -2.34. The number of aryl methyl sites for hydroxylation is 1. The van der Waals surface area contributed by atoms with Gasteiger partial charge in [-0.3, -0.25) is 9.59 Å². The molecular weight excluding hydrogens is 363 g/mol. The van der Waals surface area contributed by atoms with E-state index >= 15 is 0 Å². The van der Waals surface area contributed by atoms with E-state index < -0.39 is 5.82 Å². The number of hydrogen-bond donors (Lipinski definition) is 0. The number of Topliss-reactive ketones (excluding diaryl/α,β-unsaturated/α-hetero) is 1. The lowest BCUT2D eigenvalue weighted by Crippen LogP contribution is -2.49. The average Bonchev–Trinajstić information content (AvgIpc) is 2.67. The largest absolute Gasteiger partial charge is 0.366 e. The Labute approximate surface area is 163 Å². The first-order valence-corrected chi connectivity index (χ1v) is 9.95. The van der Waals surface area contributed by atoms with E-state index in [0.717, 1.165) is 4.90 Å². The van der Waals surface area contributed by atoms with E-state index in [1.54, 1.807) is 12.1 Å². The molecule has 0 spiro atoms. The number of thioether (sulfide) groups is 1. The molecule has 1 aliphatic rings. The predicted molar refractivity (Wildman–Crippen MR) is 107 cm³/mol. The molecule has 0 atom stereocenters. The Morgan fingerprint density at radius 2 is 1.70 bits per heavy atom. The molecule has 0 saturated carbocycles. The van der Waals surface area contributed by atoms with E-state index in [0.29, 0.717) is 43.2 Å². The lowest BCUT2D eigenvalue weighted by molar-refractivity contribution is -0.128. The van der Waals surface area contributed by atoms with Gasteiger partial charge in [0.25, 0.3) is 0 Å². The third-order valence-corrected chi connectivity index (χ3v) is 5.71. The maximum atomic E-state index is 14.3. The van der Waals surface area contributed by atoms with E-state index in [9.17, 15) is 14.0 Å². The SMILES string of the molecule is CC(=O)c1ccc(N2CCN(C(=O)CSc3ccc(C)cc3)CC2)c(F)c1. The number of piperazine rings is 1. The second-order valence-electron chi connectivity index (χ2n) is 6.69. The van der Waals surface area contributed by atoms with Gasteiger partial charge in [0.2, 0.25) is 5.91 Å². The molecule has 2 aromatic carbocycles. The van der Waals surface area contributed by atoms with Crippen molar-refractivity contribution in [2.75, 3.05) is 36.8 Å². The number of hydrogen-bond acceptors (Lipinski definition) is 4. The summed E-state index contributed by atoms with van der Waals surface area (Å²) in [6, 6.07) is 12.7. The van der Waals surface area contributed by atoms with Crippen LogP contribution in [0.25, 0.3) is 0 Å². The number of halogens is 1. The highest BCUT2D eigenvalue weighted by Crippen LogP contribution is 2.23. The number of anilines is 1. The molecule has 1 amide bonds. The van der Waals surface area contributed by atoms with Gasteiger partial charge in [0.15, 0.2) is 5.78 Å². The summed E-state index contributed by atoms with van der Waals surface area (Å²) in [7, 11) is 0. The predicted octanol–water partition coefficient (Wildman–Crippen LogP) is 3.78. The second-order valence-corrected chi connectivity index (χ2v) is 7.74. The van der Waals surface area contributed by atoms with Gasteiger partial charge < -0.3 is 9.80 Å². The molecule has 0 unspecified atom stereocenters. The normalized spacial score (nSPS) is 14.3. The number of amides is 1. The number of carbonyl (C=O) groups excluding carboxylic acids is 2. The molecule has 4 nitrogen and oxygen atoms in total. The summed E-state index contributed by atoms with van der Waals surface area (Å²) >= 11 is 1.54. The minimum atomic E-state index is -0.391. The number of benzene rings is 2. The fraction of sp³-hybridized carbons (Fsp3) is 0.333. The van der Waals surface area contributed by atoms with Crippen molar-refractivity contribution in [1.82, 2.24) is 4.90 Å². The molecule has 0 aromatic heterocycles. The minimum absolute atomic E-state index is 0.104. The van der Waals surface area contributed by atoms with Crippen molar-refractivity contribution >= 4 is 29.1 Å². The summed E-state index contributed by atoms with van der Waals surface area (Å²) < 4.78 is 14.3. The molecule has 1 aliphatic heterocycles. The maximum absolute atomic E-state index is 14.3. The zero-order chi connectivity index (χ0) is 19.4. The van der Waals surface area contributed by atoms with E-state index in [2.05, 4.69) is 0 Å². The lowest BCUT2D eigenvalue weighted by atomic mass is 10.1. The van der Waals surface area contributed by atoms with Crippen LogP contribution < -0.4 is 4.90 Å². The van der Waals surface area contributed by atoms with Crippen molar-refractivity contribution in [2.45, 2.75) is 18.7 Å². The first-order valence-electron chi connectivity index (χ1n) is 8.97. The molecule has 0 aliphatic carbocycles. The fourth-order valence-electron chi connectivity index (χ4n) is 3.05. The molecule has 3 rings (SSSR count). The molecule has 27 heavy (non-hydrogen) atoms. The molecular formula is C21H23FN2O2S. The topological polar surface area (TPSA) is 40.6 Å². The van der Waals surface area contributed by atoms with E-state index in [1.165, 1.54) is 30.3 Å². The van der Waals surface area contributed by atoms with Crippen LogP contribution in [0.5, 0.6) is 0 Å². The monoisotopic (exact) mass is 386 g/mol.